The summed E-state index contributed by atoms with van der Waals surface area (Å²) in [5.74, 6) is 0.202. The highest BCUT2D eigenvalue weighted by molar-refractivity contribution is 5.96. The van der Waals surface area contributed by atoms with Crippen molar-refractivity contribution in [3.63, 3.8) is 0 Å². The molecule has 0 aliphatic heterocycles. The van der Waals surface area contributed by atoms with Crippen LogP contribution in [0.1, 0.15) is 26.7 Å². The maximum Gasteiger partial charge on any atom is 0.246 e. The molecule has 0 unspecified atom stereocenters. The van der Waals surface area contributed by atoms with Crippen LogP contribution in [-0.4, -0.2) is 15.7 Å². The normalized spacial score (nSPS) is 10.9. The molecule has 5 nitrogen and oxygen atoms in total. The zero-order chi connectivity index (χ0) is 12.2. The van der Waals surface area contributed by atoms with Crippen LogP contribution in [0.5, 0.6) is 0 Å². The lowest BCUT2D eigenvalue weighted by Gasteiger charge is -2.21. The van der Waals surface area contributed by atoms with Crippen molar-refractivity contribution in [3.05, 3.63) is 12.3 Å². The van der Waals surface area contributed by atoms with Crippen LogP contribution < -0.4 is 5.32 Å². The Kier molecular flexibility index (Phi) is 3.67. The second-order valence-electron chi connectivity index (χ2n) is 3.73. The lowest BCUT2D eigenvalue weighted by Crippen LogP contribution is -2.34. The molecule has 0 saturated heterocycles. The van der Waals surface area contributed by atoms with E-state index in [0.717, 1.165) is 0 Å². The summed E-state index contributed by atoms with van der Waals surface area (Å²) in [7, 11) is 1.77. The number of carbonyl (C=O) groups excluding carboxylic acids is 1. The summed E-state index contributed by atoms with van der Waals surface area (Å²) < 4.78 is 1.60. The minimum Gasteiger partial charge on any atom is -0.308 e. The van der Waals surface area contributed by atoms with Crippen LogP contribution in [0.4, 0.5) is 5.82 Å². The smallest absolute Gasteiger partial charge is 0.246 e. The van der Waals surface area contributed by atoms with Crippen molar-refractivity contribution < 1.29 is 4.79 Å². The fraction of sp³-hybridized carbons (Fsp3) is 0.545. The van der Waals surface area contributed by atoms with E-state index in [2.05, 4.69) is 16.5 Å². The highest BCUT2D eigenvalue weighted by atomic mass is 16.2. The number of amides is 1. The van der Waals surface area contributed by atoms with Crippen molar-refractivity contribution in [2.45, 2.75) is 26.7 Å². The fourth-order valence-electron chi connectivity index (χ4n) is 1.50. The summed E-state index contributed by atoms with van der Waals surface area (Å²) in [6, 6.07) is 3.79. The molecule has 1 aromatic heterocycles. The molecule has 5 heteroatoms. The number of anilines is 1. The molecule has 0 bridgehead atoms. The van der Waals surface area contributed by atoms with Crippen molar-refractivity contribution in [1.82, 2.24) is 9.78 Å². The minimum atomic E-state index is -0.947. The van der Waals surface area contributed by atoms with Gasteiger partial charge >= 0.3 is 0 Å². The SMILES string of the molecule is CCC(C#N)(CC)C(=O)Nc1ccn(C)n1. The molecule has 1 N–H and O–H groups in total. The van der Waals surface area contributed by atoms with E-state index in [1.807, 2.05) is 13.8 Å². The number of rotatable bonds is 4. The average molecular weight is 220 g/mol. The highest BCUT2D eigenvalue weighted by Crippen LogP contribution is 2.26. The Hall–Kier alpha value is -1.83. The van der Waals surface area contributed by atoms with Gasteiger partial charge < -0.3 is 5.32 Å². The van der Waals surface area contributed by atoms with Crippen LogP contribution in [0.3, 0.4) is 0 Å². The van der Waals surface area contributed by atoms with E-state index >= 15 is 0 Å². The maximum absolute atomic E-state index is 12.0. The fourth-order valence-corrected chi connectivity index (χ4v) is 1.50. The maximum atomic E-state index is 12.0. The Morgan fingerprint density at radius 1 is 1.62 bits per heavy atom. The lowest BCUT2D eigenvalue weighted by molar-refractivity contribution is -0.123. The van der Waals surface area contributed by atoms with Gasteiger partial charge in [-0.2, -0.15) is 10.4 Å². The molecule has 16 heavy (non-hydrogen) atoms. The second kappa shape index (κ2) is 4.79. The van der Waals surface area contributed by atoms with Gasteiger partial charge in [-0.3, -0.25) is 9.48 Å². The topological polar surface area (TPSA) is 70.7 Å². The van der Waals surface area contributed by atoms with Gasteiger partial charge in [-0.15, -0.1) is 0 Å². The van der Waals surface area contributed by atoms with Crippen molar-refractivity contribution in [2.24, 2.45) is 12.5 Å². The molecule has 0 atom stereocenters. The van der Waals surface area contributed by atoms with Crippen molar-refractivity contribution >= 4 is 11.7 Å². The Labute approximate surface area is 95.1 Å². The minimum absolute atomic E-state index is 0.279. The summed E-state index contributed by atoms with van der Waals surface area (Å²) in [5, 5.41) is 15.8. The van der Waals surface area contributed by atoms with Crippen molar-refractivity contribution in [1.29, 1.82) is 5.26 Å². The standard InChI is InChI=1S/C11H16N4O/c1-4-11(5-2,8-12)10(16)13-9-6-7-15(3)14-9/h6-7H,4-5H2,1-3H3,(H,13,14,16). The van der Waals surface area contributed by atoms with Gasteiger partial charge in [0.15, 0.2) is 5.82 Å². The number of hydrogen-bond donors (Lipinski definition) is 1. The van der Waals surface area contributed by atoms with Crippen LogP contribution >= 0.6 is 0 Å². The zero-order valence-corrected chi connectivity index (χ0v) is 9.82. The molecule has 0 radical (unpaired) electrons. The molecular weight excluding hydrogens is 204 g/mol. The third-order valence-electron chi connectivity index (χ3n) is 2.81. The summed E-state index contributed by atoms with van der Waals surface area (Å²) >= 11 is 0. The van der Waals surface area contributed by atoms with Crippen LogP contribution in [0, 0.1) is 16.7 Å². The van der Waals surface area contributed by atoms with Gasteiger partial charge in [-0.05, 0) is 12.8 Å². The van der Waals surface area contributed by atoms with E-state index in [9.17, 15) is 4.79 Å². The third kappa shape index (κ3) is 2.22. The van der Waals surface area contributed by atoms with E-state index in [0.29, 0.717) is 18.7 Å². The van der Waals surface area contributed by atoms with E-state index in [1.165, 1.54) is 0 Å². The van der Waals surface area contributed by atoms with Gasteiger partial charge in [0.2, 0.25) is 5.91 Å². The first-order valence-corrected chi connectivity index (χ1v) is 5.30. The Morgan fingerprint density at radius 2 is 2.25 bits per heavy atom. The Balaban J connectivity index is 2.82. The Morgan fingerprint density at radius 3 is 2.62 bits per heavy atom. The van der Waals surface area contributed by atoms with Gasteiger partial charge in [-0.1, -0.05) is 13.8 Å². The summed E-state index contributed by atoms with van der Waals surface area (Å²) in [6.07, 6.45) is 2.74. The van der Waals surface area contributed by atoms with E-state index < -0.39 is 5.41 Å². The van der Waals surface area contributed by atoms with E-state index in [1.54, 1.807) is 24.0 Å². The number of nitrogens with zero attached hydrogens (tertiary/aromatic N) is 3. The quantitative estimate of drug-likeness (QED) is 0.839. The summed E-state index contributed by atoms with van der Waals surface area (Å²) in [6.45, 7) is 3.68. The van der Waals surface area contributed by atoms with E-state index in [-0.39, 0.29) is 5.91 Å². The molecule has 0 spiro atoms. The molecule has 1 aromatic rings. The Bertz CT molecular complexity index is 412. The largest absolute Gasteiger partial charge is 0.308 e. The first-order valence-electron chi connectivity index (χ1n) is 5.30. The first-order chi connectivity index (χ1) is 7.57. The molecule has 1 rings (SSSR count). The lowest BCUT2D eigenvalue weighted by atomic mass is 9.83. The molecular formula is C11H16N4O. The number of hydrogen-bond acceptors (Lipinski definition) is 3. The van der Waals surface area contributed by atoms with Crippen LogP contribution in [0.25, 0.3) is 0 Å². The molecule has 0 fully saturated rings. The molecule has 0 saturated carbocycles. The number of aryl methyl sites for hydroxylation is 1. The van der Waals surface area contributed by atoms with E-state index in [4.69, 9.17) is 5.26 Å². The van der Waals surface area contributed by atoms with Crippen molar-refractivity contribution in [2.75, 3.05) is 5.32 Å². The highest BCUT2D eigenvalue weighted by Gasteiger charge is 2.35. The van der Waals surface area contributed by atoms with Crippen LogP contribution in [0.2, 0.25) is 0 Å². The molecule has 0 aliphatic rings. The zero-order valence-electron chi connectivity index (χ0n) is 9.82. The van der Waals surface area contributed by atoms with Gasteiger partial charge in [0.1, 0.15) is 5.41 Å². The predicted octanol–water partition coefficient (Wildman–Crippen LogP) is 1.69. The monoisotopic (exact) mass is 220 g/mol. The molecule has 0 aromatic carbocycles. The van der Waals surface area contributed by atoms with Gasteiger partial charge in [0, 0.05) is 19.3 Å². The van der Waals surface area contributed by atoms with Crippen molar-refractivity contribution in [3.8, 4) is 6.07 Å². The molecule has 86 valence electrons. The summed E-state index contributed by atoms with van der Waals surface area (Å²) in [5.41, 5.74) is -0.947. The molecule has 1 heterocycles. The average Bonchev–Trinajstić information content (AvgIpc) is 2.67. The second-order valence-corrected chi connectivity index (χ2v) is 3.73. The third-order valence-corrected chi connectivity index (χ3v) is 2.81. The predicted molar refractivity (Wildman–Crippen MR) is 60.5 cm³/mol. The molecule has 0 aliphatic carbocycles. The van der Waals surface area contributed by atoms with Gasteiger partial charge in [0.05, 0.1) is 6.07 Å². The molecule has 1 amide bonds. The summed E-state index contributed by atoms with van der Waals surface area (Å²) in [4.78, 5) is 12.0. The first kappa shape index (κ1) is 12.2. The van der Waals surface area contributed by atoms with Gasteiger partial charge in [0.25, 0.3) is 0 Å². The number of nitriles is 1. The van der Waals surface area contributed by atoms with Crippen LogP contribution in [0.15, 0.2) is 12.3 Å². The number of aromatic nitrogens is 2. The van der Waals surface area contributed by atoms with Crippen LogP contribution in [-0.2, 0) is 11.8 Å². The number of carbonyl (C=O) groups is 1. The van der Waals surface area contributed by atoms with Gasteiger partial charge in [-0.25, -0.2) is 0 Å². The number of nitrogens with one attached hydrogen (secondary N) is 1.